The average molecular weight is 235 g/mol. The van der Waals surface area contributed by atoms with Gasteiger partial charge in [0.25, 0.3) is 0 Å². The molecule has 1 aromatic rings. The van der Waals surface area contributed by atoms with Crippen LogP contribution in [0, 0.1) is 19.8 Å². The zero-order valence-corrected chi connectivity index (χ0v) is 11.8. The lowest BCUT2D eigenvalue weighted by Crippen LogP contribution is -2.22. The Morgan fingerprint density at radius 2 is 1.94 bits per heavy atom. The van der Waals surface area contributed by atoms with Crippen LogP contribution in [0.4, 0.5) is 0 Å². The fourth-order valence-electron chi connectivity index (χ4n) is 2.13. The first-order valence-electron chi connectivity index (χ1n) is 6.43. The predicted molar refractivity (Wildman–Crippen MR) is 73.9 cm³/mol. The van der Waals surface area contributed by atoms with Gasteiger partial charge >= 0.3 is 0 Å². The number of benzene rings is 1. The summed E-state index contributed by atoms with van der Waals surface area (Å²) < 4.78 is 5.34. The van der Waals surface area contributed by atoms with Gasteiger partial charge in [-0.1, -0.05) is 19.9 Å². The van der Waals surface area contributed by atoms with Gasteiger partial charge in [-0.2, -0.15) is 0 Å². The van der Waals surface area contributed by atoms with E-state index in [0.29, 0.717) is 5.92 Å². The van der Waals surface area contributed by atoms with Crippen molar-refractivity contribution in [2.75, 3.05) is 20.2 Å². The fraction of sp³-hybridized carbons (Fsp3) is 0.600. The van der Waals surface area contributed by atoms with E-state index >= 15 is 0 Å². The molecular weight excluding hydrogens is 210 g/mol. The normalized spacial score (nSPS) is 12.5. The van der Waals surface area contributed by atoms with Crippen LogP contribution in [-0.2, 0) is 6.42 Å². The summed E-state index contributed by atoms with van der Waals surface area (Å²) in [6.45, 7) is 10.8. The Hall–Kier alpha value is -1.02. The van der Waals surface area contributed by atoms with Crippen LogP contribution in [-0.4, -0.2) is 20.2 Å². The second kappa shape index (κ2) is 6.65. The SMILES string of the molecule is CCNCC(C)Cc1cc(C)c(OC)cc1C. The summed E-state index contributed by atoms with van der Waals surface area (Å²) in [5, 5.41) is 3.40. The minimum Gasteiger partial charge on any atom is -0.496 e. The molecule has 1 aromatic carbocycles. The van der Waals surface area contributed by atoms with Gasteiger partial charge in [-0.3, -0.25) is 0 Å². The van der Waals surface area contributed by atoms with Gasteiger partial charge in [0, 0.05) is 0 Å². The largest absolute Gasteiger partial charge is 0.496 e. The molecule has 0 aliphatic heterocycles. The first-order chi connectivity index (χ1) is 8.08. The highest BCUT2D eigenvalue weighted by Gasteiger charge is 2.08. The molecule has 0 aromatic heterocycles. The summed E-state index contributed by atoms with van der Waals surface area (Å²) in [6, 6.07) is 4.40. The minimum absolute atomic E-state index is 0.668. The molecule has 1 atom stereocenters. The first-order valence-corrected chi connectivity index (χ1v) is 6.43. The van der Waals surface area contributed by atoms with Gasteiger partial charge < -0.3 is 10.1 Å². The number of rotatable bonds is 6. The molecule has 2 heteroatoms. The average Bonchev–Trinajstić information content (AvgIpc) is 2.30. The Bertz CT molecular complexity index is 360. The van der Waals surface area contributed by atoms with Crippen LogP contribution in [0.25, 0.3) is 0 Å². The summed E-state index contributed by atoms with van der Waals surface area (Å²) in [7, 11) is 1.73. The van der Waals surface area contributed by atoms with Crippen LogP contribution in [0.1, 0.15) is 30.5 Å². The van der Waals surface area contributed by atoms with E-state index in [0.717, 1.165) is 25.3 Å². The predicted octanol–water partition coefficient (Wildman–Crippen LogP) is 3.10. The molecule has 0 radical (unpaired) electrons. The Kier molecular flexibility index (Phi) is 5.49. The number of hydrogen-bond acceptors (Lipinski definition) is 2. The maximum absolute atomic E-state index is 5.34. The standard InChI is InChI=1S/C15H25NO/c1-6-16-10-11(2)7-14-8-13(4)15(17-5)9-12(14)3/h8-9,11,16H,6-7,10H2,1-5H3. The van der Waals surface area contributed by atoms with Gasteiger partial charge in [0.1, 0.15) is 5.75 Å². The molecule has 1 N–H and O–H groups in total. The summed E-state index contributed by atoms with van der Waals surface area (Å²) in [5.41, 5.74) is 3.99. The summed E-state index contributed by atoms with van der Waals surface area (Å²) >= 11 is 0. The van der Waals surface area contributed by atoms with Crippen molar-refractivity contribution in [2.45, 2.75) is 34.1 Å². The van der Waals surface area contributed by atoms with Gasteiger partial charge in [0.15, 0.2) is 0 Å². The Balaban J connectivity index is 2.74. The topological polar surface area (TPSA) is 21.3 Å². The van der Waals surface area contributed by atoms with Crippen molar-refractivity contribution in [3.8, 4) is 5.75 Å². The lowest BCUT2D eigenvalue weighted by Gasteiger charge is -2.16. The highest BCUT2D eigenvalue weighted by Crippen LogP contribution is 2.24. The zero-order chi connectivity index (χ0) is 12.8. The third-order valence-electron chi connectivity index (χ3n) is 3.16. The van der Waals surface area contributed by atoms with Crippen LogP contribution in [0.15, 0.2) is 12.1 Å². The fourth-order valence-corrected chi connectivity index (χ4v) is 2.13. The maximum atomic E-state index is 5.34. The van der Waals surface area contributed by atoms with E-state index in [2.05, 4.69) is 45.1 Å². The third kappa shape index (κ3) is 4.04. The molecule has 0 aliphatic carbocycles. The third-order valence-corrected chi connectivity index (χ3v) is 3.16. The van der Waals surface area contributed by atoms with Gasteiger partial charge in [0.05, 0.1) is 7.11 Å². The van der Waals surface area contributed by atoms with Crippen molar-refractivity contribution in [2.24, 2.45) is 5.92 Å². The number of ether oxygens (including phenoxy) is 1. The lowest BCUT2D eigenvalue weighted by molar-refractivity contribution is 0.411. The van der Waals surface area contributed by atoms with Crippen molar-refractivity contribution >= 4 is 0 Å². The Labute approximate surface area is 105 Å². The van der Waals surface area contributed by atoms with E-state index in [1.807, 2.05) is 0 Å². The number of aryl methyl sites for hydroxylation is 2. The maximum Gasteiger partial charge on any atom is 0.122 e. The second-order valence-corrected chi connectivity index (χ2v) is 4.87. The van der Waals surface area contributed by atoms with Crippen LogP contribution < -0.4 is 10.1 Å². The smallest absolute Gasteiger partial charge is 0.122 e. The molecule has 0 bridgehead atoms. The quantitative estimate of drug-likeness (QED) is 0.818. The molecule has 1 unspecified atom stereocenters. The molecule has 2 nitrogen and oxygen atoms in total. The molecule has 17 heavy (non-hydrogen) atoms. The van der Waals surface area contributed by atoms with Gasteiger partial charge in [-0.25, -0.2) is 0 Å². The van der Waals surface area contributed by atoms with Crippen molar-refractivity contribution in [3.63, 3.8) is 0 Å². The van der Waals surface area contributed by atoms with Crippen molar-refractivity contribution in [1.82, 2.24) is 5.32 Å². The monoisotopic (exact) mass is 235 g/mol. The van der Waals surface area contributed by atoms with Crippen molar-refractivity contribution in [3.05, 3.63) is 28.8 Å². The Morgan fingerprint density at radius 1 is 1.24 bits per heavy atom. The van der Waals surface area contributed by atoms with Crippen LogP contribution >= 0.6 is 0 Å². The number of methoxy groups -OCH3 is 1. The van der Waals surface area contributed by atoms with E-state index in [4.69, 9.17) is 4.74 Å². The van der Waals surface area contributed by atoms with E-state index in [9.17, 15) is 0 Å². The molecule has 0 amide bonds. The van der Waals surface area contributed by atoms with Gasteiger partial charge in [0.2, 0.25) is 0 Å². The molecule has 0 spiro atoms. The van der Waals surface area contributed by atoms with Gasteiger partial charge in [-0.05, 0) is 62.0 Å². The zero-order valence-electron chi connectivity index (χ0n) is 11.8. The summed E-state index contributed by atoms with van der Waals surface area (Å²) in [5.74, 6) is 1.66. The van der Waals surface area contributed by atoms with Crippen LogP contribution in [0.5, 0.6) is 5.75 Å². The van der Waals surface area contributed by atoms with Gasteiger partial charge in [-0.15, -0.1) is 0 Å². The molecule has 0 saturated carbocycles. The molecule has 0 heterocycles. The van der Waals surface area contributed by atoms with Crippen molar-refractivity contribution in [1.29, 1.82) is 0 Å². The summed E-state index contributed by atoms with van der Waals surface area (Å²) in [6.07, 6.45) is 1.13. The van der Waals surface area contributed by atoms with E-state index in [1.54, 1.807) is 7.11 Å². The lowest BCUT2D eigenvalue weighted by atomic mass is 9.95. The molecule has 96 valence electrons. The molecular formula is C15H25NO. The highest BCUT2D eigenvalue weighted by molar-refractivity contribution is 5.41. The molecule has 1 rings (SSSR count). The molecule has 0 fully saturated rings. The van der Waals surface area contributed by atoms with E-state index in [1.165, 1.54) is 16.7 Å². The first kappa shape index (κ1) is 14.0. The van der Waals surface area contributed by atoms with Crippen LogP contribution in [0.3, 0.4) is 0 Å². The second-order valence-electron chi connectivity index (χ2n) is 4.87. The Morgan fingerprint density at radius 3 is 2.53 bits per heavy atom. The summed E-state index contributed by atoms with van der Waals surface area (Å²) in [4.78, 5) is 0. The van der Waals surface area contributed by atoms with E-state index in [-0.39, 0.29) is 0 Å². The number of nitrogens with one attached hydrogen (secondary N) is 1. The molecule has 0 saturated heterocycles. The van der Waals surface area contributed by atoms with E-state index < -0.39 is 0 Å². The van der Waals surface area contributed by atoms with Crippen molar-refractivity contribution < 1.29 is 4.74 Å². The highest BCUT2D eigenvalue weighted by atomic mass is 16.5. The molecule has 0 aliphatic rings. The minimum atomic E-state index is 0.668. The number of hydrogen-bond donors (Lipinski definition) is 1. The van der Waals surface area contributed by atoms with Crippen LogP contribution in [0.2, 0.25) is 0 Å².